The molecule has 0 aliphatic carbocycles. The quantitative estimate of drug-likeness (QED) is 0.489. The van der Waals surface area contributed by atoms with Crippen LogP contribution in [0.15, 0.2) is 56.0 Å². The Balaban J connectivity index is 1.98. The van der Waals surface area contributed by atoms with E-state index < -0.39 is 5.97 Å². The lowest BCUT2D eigenvalue weighted by Gasteiger charge is -2.10. The molecule has 5 nitrogen and oxygen atoms in total. The van der Waals surface area contributed by atoms with Crippen molar-refractivity contribution in [1.29, 1.82) is 0 Å². The summed E-state index contributed by atoms with van der Waals surface area (Å²) in [5, 5.41) is 0. The van der Waals surface area contributed by atoms with Crippen molar-refractivity contribution >= 4 is 49.8 Å². The normalized spacial score (nSPS) is 15.1. The molecule has 7 heteroatoms. The van der Waals surface area contributed by atoms with Crippen molar-refractivity contribution in [1.82, 2.24) is 0 Å². The first-order chi connectivity index (χ1) is 12.0. The minimum absolute atomic E-state index is 0.217. The van der Waals surface area contributed by atoms with Crippen molar-refractivity contribution in [3.05, 3.63) is 62.2 Å². The van der Waals surface area contributed by atoms with Crippen LogP contribution in [0.5, 0.6) is 11.5 Å². The zero-order chi connectivity index (χ0) is 18.0. The monoisotopic (exact) mass is 465 g/mol. The predicted octanol–water partition coefficient (Wildman–Crippen LogP) is 4.57. The molecule has 0 radical (unpaired) electrons. The van der Waals surface area contributed by atoms with Gasteiger partial charge in [0.15, 0.2) is 17.2 Å². The maximum atomic E-state index is 12.1. The van der Waals surface area contributed by atoms with Crippen molar-refractivity contribution in [2.24, 2.45) is 4.99 Å². The Kier molecular flexibility index (Phi) is 5.24. The van der Waals surface area contributed by atoms with Crippen LogP contribution in [0, 0.1) is 0 Å². The maximum absolute atomic E-state index is 12.1. The van der Waals surface area contributed by atoms with E-state index in [1.807, 2.05) is 30.3 Å². The number of ether oxygens (including phenoxy) is 3. The molecule has 0 atom stereocenters. The van der Waals surface area contributed by atoms with Gasteiger partial charge in [0.2, 0.25) is 5.90 Å². The van der Waals surface area contributed by atoms with Gasteiger partial charge in [-0.2, -0.15) is 0 Å². The minimum Gasteiger partial charge on any atom is -0.493 e. The molecule has 0 N–H and O–H groups in total. The van der Waals surface area contributed by atoms with Crippen LogP contribution >= 0.6 is 31.9 Å². The van der Waals surface area contributed by atoms with Gasteiger partial charge in [0.1, 0.15) is 0 Å². The van der Waals surface area contributed by atoms with Gasteiger partial charge in [0.05, 0.1) is 18.7 Å². The van der Waals surface area contributed by atoms with E-state index in [2.05, 4.69) is 36.9 Å². The molecule has 0 saturated heterocycles. The Morgan fingerprint density at radius 2 is 1.92 bits per heavy atom. The van der Waals surface area contributed by atoms with E-state index in [0.29, 0.717) is 16.0 Å². The van der Waals surface area contributed by atoms with Crippen LogP contribution in [0.25, 0.3) is 6.08 Å². The molecule has 128 valence electrons. The molecule has 0 spiro atoms. The van der Waals surface area contributed by atoms with Crippen LogP contribution in [0.4, 0.5) is 0 Å². The number of halogens is 2. The maximum Gasteiger partial charge on any atom is 0.363 e. The lowest BCUT2D eigenvalue weighted by atomic mass is 10.1. The third kappa shape index (κ3) is 3.77. The summed E-state index contributed by atoms with van der Waals surface area (Å²) < 4.78 is 17.5. The first-order valence-corrected chi connectivity index (χ1v) is 8.80. The van der Waals surface area contributed by atoms with Crippen LogP contribution in [-0.4, -0.2) is 26.1 Å². The van der Waals surface area contributed by atoms with Crippen LogP contribution in [0.2, 0.25) is 0 Å². The average Bonchev–Trinajstić information content (AvgIpc) is 2.95. The number of rotatable bonds is 4. The molecule has 0 bridgehead atoms. The summed E-state index contributed by atoms with van der Waals surface area (Å²) in [5.74, 6) is 0.904. The van der Waals surface area contributed by atoms with Gasteiger partial charge in [-0.05, 0) is 57.9 Å². The summed E-state index contributed by atoms with van der Waals surface area (Å²) in [6.45, 7) is 0. The molecule has 2 aromatic rings. The van der Waals surface area contributed by atoms with Gasteiger partial charge < -0.3 is 14.2 Å². The number of carbonyl (C=O) groups is 1. The minimum atomic E-state index is -0.499. The second-order valence-electron chi connectivity index (χ2n) is 5.08. The molecular formula is C18H13Br2NO4. The highest BCUT2D eigenvalue weighted by Gasteiger charge is 2.24. The topological polar surface area (TPSA) is 57.1 Å². The van der Waals surface area contributed by atoms with Gasteiger partial charge in [0, 0.05) is 10.0 Å². The van der Waals surface area contributed by atoms with Crippen LogP contribution in [0.3, 0.4) is 0 Å². The molecule has 1 heterocycles. The standard InChI is InChI=1S/C18H13Br2NO4/c1-23-15-8-10(6-13(20)16(15)24-2)7-14-18(22)25-17(21-14)11-4-3-5-12(19)9-11/h3-9H,1-2H3/b14-7-. The first kappa shape index (κ1) is 17.7. The number of benzene rings is 2. The fraction of sp³-hybridized carbons (Fsp3) is 0.111. The van der Waals surface area contributed by atoms with E-state index in [1.165, 1.54) is 0 Å². The van der Waals surface area contributed by atoms with Gasteiger partial charge >= 0.3 is 5.97 Å². The van der Waals surface area contributed by atoms with Gasteiger partial charge in [-0.3, -0.25) is 0 Å². The third-order valence-electron chi connectivity index (χ3n) is 3.45. The average molecular weight is 467 g/mol. The van der Waals surface area contributed by atoms with Crippen LogP contribution in [0.1, 0.15) is 11.1 Å². The summed E-state index contributed by atoms with van der Waals surface area (Å²) in [7, 11) is 3.11. The van der Waals surface area contributed by atoms with E-state index in [-0.39, 0.29) is 11.6 Å². The van der Waals surface area contributed by atoms with Gasteiger partial charge in [-0.1, -0.05) is 22.0 Å². The number of methoxy groups -OCH3 is 2. The van der Waals surface area contributed by atoms with Gasteiger partial charge in [-0.25, -0.2) is 9.79 Å². The second kappa shape index (κ2) is 7.41. The molecule has 2 aromatic carbocycles. The number of carbonyl (C=O) groups excluding carboxylic acids is 1. The zero-order valence-electron chi connectivity index (χ0n) is 13.4. The molecule has 1 aliphatic rings. The van der Waals surface area contributed by atoms with Gasteiger partial charge in [0.25, 0.3) is 0 Å². The van der Waals surface area contributed by atoms with Gasteiger partial charge in [-0.15, -0.1) is 0 Å². The van der Waals surface area contributed by atoms with E-state index in [0.717, 1.165) is 15.6 Å². The van der Waals surface area contributed by atoms with Crippen molar-refractivity contribution < 1.29 is 19.0 Å². The molecule has 0 unspecified atom stereocenters. The summed E-state index contributed by atoms with van der Waals surface area (Å²) in [5.41, 5.74) is 1.67. The Hall–Kier alpha value is -2.12. The summed E-state index contributed by atoms with van der Waals surface area (Å²) in [6.07, 6.45) is 1.64. The molecule has 25 heavy (non-hydrogen) atoms. The van der Waals surface area contributed by atoms with E-state index in [4.69, 9.17) is 14.2 Å². The Morgan fingerprint density at radius 1 is 1.12 bits per heavy atom. The Morgan fingerprint density at radius 3 is 2.60 bits per heavy atom. The number of cyclic esters (lactones) is 1. The molecule has 0 fully saturated rings. The highest BCUT2D eigenvalue weighted by molar-refractivity contribution is 9.10. The summed E-state index contributed by atoms with van der Waals surface area (Å²) in [6, 6.07) is 11.0. The van der Waals surface area contributed by atoms with Crippen molar-refractivity contribution in [3.63, 3.8) is 0 Å². The third-order valence-corrected chi connectivity index (χ3v) is 4.53. The Bertz CT molecular complexity index is 906. The molecule has 0 aromatic heterocycles. The highest BCUT2D eigenvalue weighted by Crippen LogP contribution is 2.37. The lowest BCUT2D eigenvalue weighted by molar-refractivity contribution is -0.129. The van der Waals surface area contributed by atoms with Crippen molar-refractivity contribution in [3.8, 4) is 11.5 Å². The SMILES string of the molecule is COc1cc(/C=C2\N=C(c3cccc(Br)c3)OC2=O)cc(Br)c1OC. The number of hydrogen-bond donors (Lipinski definition) is 0. The van der Waals surface area contributed by atoms with E-state index in [1.54, 1.807) is 26.4 Å². The molecule has 1 aliphatic heterocycles. The number of esters is 1. The molecule has 0 amide bonds. The first-order valence-electron chi connectivity index (χ1n) is 7.22. The molecule has 3 rings (SSSR count). The Labute approximate surface area is 161 Å². The smallest absolute Gasteiger partial charge is 0.363 e. The van der Waals surface area contributed by atoms with E-state index >= 15 is 0 Å². The predicted molar refractivity (Wildman–Crippen MR) is 102 cm³/mol. The van der Waals surface area contributed by atoms with Crippen molar-refractivity contribution in [2.75, 3.05) is 14.2 Å². The largest absolute Gasteiger partial charge is 0.493 e. The molecule has 0 saturated carbocycles. The fourth-order valence-electron chi connectivity index (χ4n) is 2.33. The highest BCUT2D eigenvalue weighted by atomic mass is 79.9. The summed E-state index contributed by atoms with van der Waals surface area (Å²) >= 11 is 6.82. The second-order valence-corrected chi connectivity index (χ2v) is 6.85. The van der Waals surface area contributed by atoms with Crippen LogP contribution in [-0.2, 0) is 9.53 Å². The molecular weight excluding hydrogens is 454 g/mol. The zero-order valence-corrected chi connectivity index (χ0v) is 16.5. The lowest BCUT2D eigenvalue weighted by Crippen LogP contribution is -2.05. The van der Waals surface area contributed by atoms with Crippen molar-refractivity contribution in [2.45, 2.75) is 0 Å². The fourth-order valence-corrected chi connectivity index (χ4v) is 3.35. The summed E-state index contributed by atoms with van der Waals surface area (Å²) in [4.78, 5) is 16.4. The van der Waals surface area contributed by atoms with Crippen LogP contribution < -0.4 is 9.47 Å². The number of aliphatic imine (C=N–C) groups is 1. The number of hydrogen-bond acceptors (Lipinski definition) is 5. The van der Waals surface area contributed by atoms with E-state index in [9.17, 15) is 4.79 Å². The number of nitrogens with zero attached hydrogens (tertiary/aromatic N) is 1.